The molecule has 1 heterocycles. The van der Waals surface area contributed by atoms with Gasteiger partial charge in [-0.25, -0.2) is 0 Å². The van der Waals surface area contributed by atoms with Crippen molar-refractivity contribution in [3.05, 3.63) is 52.6 Å². The lowest BCUT2D eigenvalue weighted by atomic mass is 9.97. The Labute approximate surface area is 166 Å². The van der Waals surface area contributed by atoms with Gasteiger partial charge in [0.2, 0.25) is 0 Å². The molecule has 2 aromatic carbocycles. The maximum Gasteiger partial charge on any atom is 0.254 e. The Bertz CT molecular complexity index is 823. The lowest BCUT2D eigenvalue weighted by molar-refractivity contribution is 0.0733. The summed E-state index contributed by atoms with van der Waals surface area (Å²) in [6.45, 7) is 8.26. The zero-order valence-electron chi connectivity index (χ0n) is 16.1. The molecule has 0 radical (unpaired) electrons. The van der Waals surface area contributed by atoms with Crippen LogP contribution in [0.15, 0.2) is 30.3 Å². The van der Waals surface area contributed by atoms with Gasteiger partial charge in [0.05, 0.1) is 13.2 Å². The van der Waals surface area contributed by atoms with Gasteiger partial charge in [-0.3, -0.25) is 4.79 Å². The number of hydrogen-bond donors (Lipinski definition) is 1. The predicted octanol–water partition coefficient (Wildman–Crippen LogP) is 3.99. The van der Waals surface area contributed by atoms with E-state index >= 15 is 0 Å². The van der Waals surface area contributed by atoms with Crippen molar-refractivity contribution < 1.29 is 14.3 Å². The zero-order valence-corrected chi connectivity index (χ0v) is 16.9. The summed E-state index contributed by atoms with van der Waals surface area (Å²) in [5.41, 5.74) is 10.4. The summed E-state index contributed by atoms with van der Waals surface area (Å²) < 4.78 is 11.4. The maximum absolute atomic E-state index is 13.0. The minimum atomic E-state index is 0. The maximum atomic E-state index is 13.0. The molecule has 6 heteroatoms. The largest absolute Gasteiger partial charge is 0.490 e. The molecule has 1 aliphatic heterocycles. The van der Waals surface area contributed by atoms with Crippen molar-refractivity contribution in [2.24, 2.45) is 0 Å². The predicted molar refractivity (Wildman–Crippen MR) is 110 cm³/mol. The van der Waals surface area contributed by atoms with Gasteiger partial charge in [0.25, 0.3) is 5.91 Å². The van der Waals surface area contributed by atoms with Gasteiger partial charge in [0.15, 0.2) is 11.5 Å². The SMILES string of the molecule is CCOc1cc2c(cc1OCC)CN(C(=O)c1cc(N)ccc1C)CC2.Cl. The van der Waals surface area contributed by atoms with Crippen LogP contribution in [-0.4, -0.2) is 30.6 Å². The first-order valence-corrected chi connectivity index (χ1v) is 9.10. The van der Waals surface area contributed by atoms with Gasteiger partial charge in [-0.2, -0.15) is 0 Å². The second-order valence-electron chi connectivity index (χ2n) is 6.48. The normalized spacial score (nSPS) is 12.8. The number of hydrogen-bond acceptors (Lipinski definition) is 4. The number of nitrogens with two attached hydrogens (primary N) is 1. The smallest absolute Gasteiger partial charge is 0.254 e. The van der Waals surface area contributed by atoms with Gasteiger partial charge in [-0.1, -0.05) is 6.07 Å². The van der Waals surface area contributed by atoms with Gasteiger partial charge >= 0.3 is 0 Å². The van der Waals surface area contributed by atoms with E-state index < -0.39 is 0 Å². The lowest BCUT2D eigenvalue weighted by Gasteiger charge is -2.30. The highest BCUT2D eigenvalue weighted by Gasteiger charge is 2.24. The minimum absolute atomic E-state index is 0. The third-order valence-corrected chi connectivity index (χ3v) is 4.66. The summed E-state index contributed by atoms with van der Waals surface area (Å²) in [5.74, 6) is 1.54. The molecule has 146 valence electrons. The fourth-order valence-electron chi connectivity index (χ4n) is 3.31. The van der Waals surface area contributed by atoms with E-state index in [0.717, 1.165) is 29.0 Å². The first-order valence-electron chi connectivity index (χ1n) is 9.10. The number of carbonyl (C=O) groups is 1. The third-order valence-electron chi connectivity index (χ3n) is 4.66. The summed E-state index contributed by atoms with van der Waals surface area (Å²) >= 11 is 0. The number of ether oxygens (including phenoxy) is 2. The first kappa shape index (κ1) is 20.9. The van der Waals surface area contributed by atoms with Crippen LogP contribution in [0.1, 0.15) is 40.9 Å². The Morgan fingerprint density at radius 2 is 1.70 bits per heavy atom. The van der Waals surface area contributed by atoms with E-state index in [1.807, 2.05) is 43.9 Å². The van der Waals surface area contributed by atoms with Gasteiger partial charge in [0, 0.05) is 24.3 Å². The molecule has 2 N–H and O–H groups in total. The standard InChI is InChI=1S/C21H26N2O3.ClH/c1-4-25-19-10-15-8-9-23(13-16(15)11-20(19)26-5-2)21(24)18-12-17(22)7-6-14(18)3;/h6-7,10-12H,4-5,8-9,13,22H2,1-3H3;1H. The van der Waals surface area contributed by atoms with Gasteiger partial charge in [-0.05, 0) is 68.1 Å². The lowest BCUT2D eigenvalue weighted by Crippen LogP contribution is -2.36. The summed E-state index contributed by atoms with van der Waals surface area (Å²) in [6.07, 6.45) is 0.801. The van der Waals surface area contributed by atoms with Crippen LogP contribution >= 0.6 is 12.4 Å². The van der Waals surface area contributed by atoms with E-state index in [1.165, 1.54) is 5.56 Å². The molecule has 0 aromatic heterocycles. The average Bonchev–Trinajstić information content (AvgIpc) is 2.63. The van der Waals surface area contributed by atoms with Crippen molar-refractivity contribution in [2.45, 2.75) is 33.7 Å². The second-order valence-corrected chi connectivity index (χ2v) is 6.48. The number of nitrogen functional groups attached to an aromatic ring is 1. The topological polar surface area (TPSA) is 64.8 Å². The summed E-state index contributed by atoms with van der Waals surface area (Å²) in [6, 6.07) is 9.53. The highest BCUT2D eigenvalue weighted by molar-refractivity contribution is 5.96. The monoisotopic (exact) mass is 390 g/mol. The third kappa shape index (κ3) is 4.48. The number of fused-ring (bicyclic) bond motifs is 1. The molecule has 27 heavy (non-hydrogen) atoms. The number of carbonyl (C=O) groups excluding carboxylic acids is 1. The highest BCUT2D eigenvalue weighted by Crippen LogP contribution is 2.34. The number of benzene rings is 2. The summed E-state index contributed by atoms with van der Waals surface area (Å²) in [7, 11) is 0. The van der Waals surface area contributed by atoms with Crippen molar-refractivity contribution in [2.75, 3.05) is 25.5 Å². The summed E-state index contributed by atoms with van der Waals surface area (Å²) in [5, 5.41) is 0. The quantitative estimate of drug-likeness (QED) is 0.784. The molecule has 1 amide bonds. The Morgan fingerprint density at radius 3 is 2.33 bits per heavy atom. The number of anilines is 1. The number of amides is 1. The molecular formula is C21H27ClN2O3. The van der Waals surface area contributed by atoms with Crippen LogP contribution in [0.5, 0.6) is 11.5 Å². The molecule has 0 fully saturated rings. The number of rotatable bonds is 5. The van der Waals surface area contributed by atoms with Gasteiger partial charge in [0.1, 0.15) is 0 Å². The van der Waals surface area contributed by atoms with Crippen LogP contribution in [-0.2, 0) is 13.0 Å². The van der Waals surface area contributed by atoms with E-state index in [0.29, 0.717) is 37.6 Å². The van der Waals surface area contributed by atoms with E-state index in [4.69, 9.17) is 15.2 Å². The van der Waals surface area contributed by atoms with E-state index in [-0.39, 0.29) is 18.3 Å². The van der Waals surface area contributed by atoms with Crippen LogP contribution in [0, 0.1) is 6.92 Å². The summed E-state index contributed by atoms with van der Waals surface area (Å²) in [4.78, 5) is 14.9. The van der Waals surface area contributed by atoms with Crippen LogP contribution < -0.4 is 15.2 Å². The Hall–Kier alpha value is -2.40. The molecule has 3 rings (SSSR count). The molecule has 5 nitrogen and oxygen atoms in total. The molecule has 0 atom stereocenters. The van der Waals surface area contributed by atoms with E-state index in [9.17, 15) is 4.79 Å². The minimum Gasteiger partial charge on any atom is -0.490 e. The molecule has 0 saturated carbocycles. The Balaban J connectivity index is 0.00000261. The molecule has 0 aliphatic carbocycles. The highest BCUT2D eigenvalue weighted by atomic mass is 35.5. The second kappa shape index (κ2) is 9.00. The molecule has 0 bridgehead atoms. The molecule has 0 spiro atoms. The van der Waals surface area contributed by atoms with Gasteiger partial charge in [-0.15, -0.1) is 12.4 Å². The fraction of sp³-hybridized carbons (Fsp3) is 0.381. The zero-order chi connectivity index (χ0) is 18.7. The Morgan fingerprint density at radius 1 is 1.07 bits per heavy atom. The molecule has 0 saturated heterocycles. The van der Waals surface area contributed by atoms with Crippen molar-refractivity contribution in [1.29, 1.82) is 0 Å². The van der Waals surface area contributed by atoms with E-state index in [2.05, 4.69) is 6.07 Å². The molecule has 0 unspecified atom stereocenters. The van der Waals surface area contributed by atoms with Crippen LogP contribution in [0.2, 0.25) is 0 Å². The van der Waals surface area contributed by atoms with Crippen molar-refractivity contribution >= 4 is 24.0 Å². The molecule has 1 aliphatic rings. The van der Waals surface area contributed by atoms with Gasteiger partial charge < -0.3 is 20.1 Å². The fourth-order valence-corrected chi connectivity index (χ4v) is 3.31. The molecule has 2 aromatic rings. The van der Waals surface area contributed by atoms with E-state index in [1.54, 1.807) is 6.07 Å². The molecular weight excluding hydrogens is 364 g/mol. The first-order chi connectivity index (χ1) is 12.5. The van der Waals surface area contributed by atoms with Crippen LogP contribution in [0.25, 0.3) is 0 Å². The van der Waals surface area contributed by atoms with Crippen molar-refractivity contribution in [1.82, 2.24) is 4.90 Å². The Kier molecular flexibility index (Phi) is 6.97. The number of halogens is 1. The number of aryl methyl sites for hydroxylation is 1. The average molecular weight is 391 g/mol. The van der Waals surface area contributed by atoms with Crippen molar-refractivity contribution in [3.63, 3.8) is 0 Å². The van der Waals surface area contributed by atoms with Crippen molar-refractivity contribution in [3.8, 4) is 11.5 Å². The number of nitrogens with zero attached hydrogens (tertiary/aromatic N) is 1. The van der Waals surface area contributed by atoms with Crippen LogP contribution in [0.4, 0.5) is 5.69 Å². The van der Waals surface area contributed by atoms with Crippen LogP contribution in [0.3, 0.4) is 0 Å².